The van der Waals surface area contributed by atoms with Crippen molar-refractivity contribution >= 4 is 17.3 Å². The molecular weight excluding hydrogens is 274 g/mol. The Morgan fingerprint density at radius 3 is 3.00 bits per heavy atom. The summed E-state index contributed by atoms with van der Waals surface area (Å²) in [5.41, 5.74) is 1.38. The van der Waals surface area contributed by atoms with Gasteiger partial charge in [0.15, 0.2) is 5.69 Å². The van der Waals surface area contributed by atoms with E-state index >= 15 is 0 Å². The molecule has 0 amide bonds. The number of carboxylic acids is 1. The van der Waals surface area contributed by atoms with Crippen LogP contribution in [-0.4, -0.2) is 22.7 Å². The molecule has 20 heavy (non-hydrogen) atoms. The third kappa shape index (κ3) is 4.06. The number of hydrogen-bond donors (Lipinski definition) is 1. The van der Waals surface area contributed by atoms with Crippen molar-refractivity contribution in [2.24, 2.45) is 0 Å². The van der Waals surface area contributed by atoms with Crippen LogP contribution in [0.4, 0.5) is 0 Å². The number of ether oxygens (including phenoxy) is 1. The van der Waals surface area contributed by atoms with E-state index in [1.807, 2.05) is 18.2 Å². The minimum atomic E-state index is -0.972. The van der Waals surface area contributed by atoms with Crippen molar-refractivity contribution in [3.63, 3.8) is 0 Å². The number of aromatic nitrogens is 1. The zero-order valence-electron chi connectivity index (χ0n) is 11.3. The molecule has 0 saturated heterocycles. The molecule has 0 spiro atoms. The molecule has 1 heterocycles. The average Bonchev–Trinajstić information content (AvgIpc) is 2.93. The first-order valence-electron chi connectivity index (χ1n) is 6.58. The second-order valence-electron chi connectivity index (χ2n) is 4.38. The second kappa shape index (κ2) is 7.05. The lowest BCUT2D eigenvalue weighted by molar-refractivity contribution is 0.0691. The molecule has 1 N–H and O–H groups in total. The smallest absolute Gasteiger partial charge is 0.355 e. The standard InChI is InChI=1S/C15H17NO3S/c1-2-11-5-3-6-12(9-11)19-8-4-7-14-16-13(10-20-14)15(17)18/h3,5-6,9-10H,2,4,7-8H2,1H3,(H,17,18). The summed E-state index contributed by atoms with van der Waals surface area (Å²) in [7, 11) is 0. The molecule has 106 valence electrons. The topological polar surface area (TPSA) is 59.4 Å². The maximum Gasteiger partial charge on any atom is 0.355 e. The molecule has 0 aliphatic carbocycles. The van der Waals surface area contributed by atoms with Gasteiger partial charge in [0.05, 0.1) is 11.6 Å². The molecule has 0 saturated carbocycles. The maximum atomic E-state index is 10.7. The summed E-state index contributed by atoms with van der Waals surface area (Å²) in [4.78, 5) is 14.8. The Hall–Kier alpha value is -1.88. The number of nitrogens with zero attached hydrogens (tertiary/aromatic N) is 1. The highest BCUT2D eigenvalue weighted by molar-refractivity contribution is 7.09. The van der Waals surface area contributed by atoms with Crippen molar-refractivity contribution in [1.29, 1.82) is 0 Å². The summed E-state index contributed by atoms with van der Waals surface area (Å²) in [6.45, 7) is 2.72. The van der Waals surface area contributed by atoms with E-state index < -0.39 is 5.97 Å². The molecule has 1 aromatic carbocycles. The van der Waals surface area contributed by atoms with Gasteiger partial charge in [0.2, 0.25) is 0 Å². The zero-order chi connectivity index (χ0) is 14.4. The Balaban J connectivity index is 1.76. The maximum absolute atomic E-state index is 10.7. The Labute approximate surface area is 122 Å². The predicted octanol–water partition coefficient (Wildman–Crippen LogP) is 3.42. The van der Waals surface area contributed by atoms with Crippen molar-refractivity contribution in [3.05, 3.63) is 45.9 Å². The fourth-order valence-electron chi connectivity index (χ4n) is 1.79. The average molecular weight is 291 g/mol. The molecule has 2 aromatic rings. The lowest BCUT2D eigenvalue weighted by Gasteiger charge is -2.06. The molecular formula is C15H17NO3S. The summed E-state index contributed by atoms with van der Waals surface area (Å²) in [5.74, 6) is -0.0881. The Morgan fingerprint density at radius 1 is 1.45 bits per heavy atom. The van der Waals surface area contributed by atoms with E-state index in [2.05, 4.69) is 18.0 Å². The molecule has 0 bridgehead atoms. The van der Waals surface area contributed by atoms with Gasteiger partial charge in [-0.3, -0.25) is 0 Å². The number of carbonyl (C=O) groups is 1. The lowest BCUT2D eigenvalue weighted by atomic mass is 10.2. The van der Waals surface area contributed by atoms with E-state index in [-0.39, 0.29) is 5.69 Å². The van der Waals surface area contributed by atoms with Gasteiger partial charge in [-0.2, -0.15) is 0 Å². The number of aryl methyl sites for hydroxylation is 2. The highest BCUT2D eigenvalue weighted by Crippen LogP contribution is 2.15. The first kappa shape index (κ1) is 14.5. The number of thiazole rings is 1. The number of benzene rings is 1. The third-order valence-electron chi connectivity index (χ3n) is 2.88. The largest absolute Gasteiger partial charge is 0.494 e. The van der Waals surface area contributed by atoms with Gasteiger partial charge in [0.25, 0.3) is 0 Å². The molecule has 4 nitrogen and oxygen atoms in total. The molecule has 0 unspecified atom stereocenters. The Kier molecular flexibility index (Phi) is 5.12. The SMILES string of the molecule is CCc1cccc(OCCCc2nc(C(=O)O)cs2)c1. The molecule has 1 aromatic heterocycles. The molecule has 0 atom stereocenters. The number of rotatable bonds is 7. The summed E-state index contributed by atoms with van der Waals surface area (Å²) < 4.78 is 5.69. The summed E-state index contributed by atoms with van der Waals surface area (Å²) in [6, 6.07) is 8.07. The predicted molar refractivity (Wildman–Crippen MR) is 78.7 cm³/mol. The minimum absolute atomic E-state index is 0.126. The van der Waals surface area contributed by atoms with Crippen LogP contribution in [0, 0.1) is 0 Å². The number of hydrogen-bond acceptors (Lipinski definition) is 4. The van der Waals surface area contributed by atoms with Gasteiger partial charge in [0.1, 0.15) is 5.75 Å². The monoisotopic (exact) mass is 291 g/mol. The van der Waals surface area contributed by atoms with Crippen LogP contribution >= 0.6 is 11.3 Å². The quantitative estimate of drug-likeness (QED) is 0.794. The van der Waals surface area contributed by atoms with Gasteiger partial charge in [-0.1, -0.05) is 19.1 Å². The van der Waals surface area contributed by atoms with Crippen molar-refractivity contribution in [2.45, 2.75) is 26.2 Å². The fourth-order valence-corrected chi connectivity index (χ4v) is 2.61. The second-order valence-corrected chi connectivity index (χ2v) is 5.33. The van der Waals surface area contributed by atoms with Crippen LogP contribution in [0.3, 0.4) is 0 Å². The van der Waals surface area contributed by atoms with Crippen LogP contribution in [-0.2, 0) is 12.8 Å². The van der Waals surface area contributed by atoms with E-state index in [1.165, 1.54) is 16.9 Å². The van der Waals surface area contributed by atoms with Crippen LogP contribution in [0.2, 0.25) is 0 Å². The molecule has 5 heteroatoms. The number of carboxylic acid groups (broad SMARTS) is 1. The molecule has 0 fully saturated rings. The minimum Gasteiger partial charge on any atom is -0.494 e. The van der Waals surface area contributed by atoms with Crippen molar-refractivity contribution in [2.75, 3.05) is 6.61 Å². The first-order chi connectivity index (χ1) is 9.69. The van der Waals surface area contributed by atoms with E-state index in [0.29, 0.717) is 6.61 Å². The molecule has 2 rings (SSSR count). The van der Waals surface area contributed by atoms with Crippen molar-refractivity contribution < 1.29 is 14.6 Å². The summed E-state index contributed by atoms with van der Waals surface area (Å²) in [6.07, 6.45) is 2.56. The Morgan fingerprint density at radius 2 is 2.30 bits per heavy atom. The van der Waals surface area contributed by atoms with Gasteiger partial charge in [-0.25, -0.2) is 9.78 Å². The third-order valence-corrected chi connectivity index (χ3v) is 3.79. The highest BCUT2D eigenvalue weighted by atomic mass is 32.1. The van der Waals surface area contributed by atoms with E-state index in [9.17, 15) is 4.79 Å². The van der Waals surface area contributed by atoms with Gasteiger partial charge in [-0.05, 0) is 30.5 Å². The summed E-state index contributed by atoms with van der Waals surface area (Å²) >= 11 is 1.38. The molecule has 0 aliphatic heterocycles. The van der Waals surface area contributed by atoms with Crippen LogP contribution in [0.1, 0.15) is 34.4 Å². The zero-order valence-corrected chi connectivity index (χ0v) is 12.2. The molecule has 0 radical (unpaired) electrons. The normalized spacial score (nSPS) is 10.4. The van der Waals surface area contributed by atoms with Crippen molar-refractivity contribution in [1.82, 2.24) is 4.98 Å². The van der Waals surface area contributed by atoms with E-state index in [4.69, 9.17) is 9.84 Å². The Bertz CT molecular complexity index is 580. The lowest BCUT2D eigenvalue weighted by Crippen LogP contribution is -2.01. The first-order valence-corrected chi connectivity index (χ1v) is 7.46. The van der Waals surface area contributed by atoms with Crippen LogP contribution in [0.25, 0.3) is 0 Å². The number of aromatic carboxylic acids is 1. The van der Waals surface area contributed by atoms with Crippen molar-refractivity contribution in [3.8, 4) is 5.75 Å². The van der Waals surface area contributed by atoms with E-state index in [0.717, 1.165) is 30.0 Å². The van der Waals surface area contributed by atoms with Gasteiger partial charge < -0.3 is 9.84 Å². The molecule has 0 aliphatic rings. The van der Waals surface area contributed by atoms with Crippen LogP contribution in [0.5, 0.6) is 5.75 Å². The van der Waals surface area contributed by atoms with Gasteiger partial charge in [-0.15, -0.1) is 11.3 Å². The van der Waals surface area contributed by atoms with Gasteiger partial charge >= 0.3 is 5.97 Å². The highest BCUT2D eigenvalue weighted by Gasteiger charge is 2.08. The fraction of sp³-hybridized carbons (Fsp3) is 0.333. The van der Waals surface area contributed by atoms with Crippen LogP contribution < -0.4 is 4.74 Å². The van der Waals surface area contributed by atoms with Gasteiger partial charge in [0, 0.05) is 11.8 Å². The summed E-state index contributed by atoms with van der Waals surface area (Å²) in [5, 5.41) is 11.2. The van der Waals surface area contributed by atoms with E-state index in [1.54, 1.807) is 5.38 Å². The van der Waals surface area contributed by atoms with Crippen LogP contribution in [0.15, 0.2) is 29.6 Å².